The lowest BCUT2D eigenvalue weighted by atomic mass is 9.98. The second-order valence-electron chi connectivity index (χ2n) is 20.0. The van der Waals surface area contributed by atoms with Gasteiger partial charge in [-0.15, -0.1) is 0 Å². The van der Waals surface area contributed by atoms with Crippen LogP contribution in [0.5, 0.6) is 0 Å². The Balaban J connectivity index is 1.69. The number of nitrogens with one attached hydrogen (secondary N) is 9. The summed E-state index contributed by atoms with van der Waals surface area (Å²) in [6.07, 6.45) is -2.79. The van der Waals surface area contributed by atoms with Crippen LogP contribution < -0.4 is 88.0 Å². The molecule has 9 atom stereocenters. The van der Waals surface area contributed by atoms with Crippen LogP contribution in [0.4, 0.5) is 4.79 Å². The van der Waals surface area contributed by atoms with E-state index in [1.807, 2.05) is 48.5 Å². The van der Waals surface area contributed by atoms with Crippen molar-refractivity contribution in [2.75, 3.05) is 39.3 Å². The first-order chi connectivity index (χ1) is 39.8. The van der Waals surface area contributed by atoms with Gasteiger partial charge in [0, 0.05) is 19.0 Å². The van der Waals surface area contributed by atoms with Gasteiger partial charge in [0.2, 0.25) is 59.1 Å². The quantitative estimate of drug-likeness (QED) is 0.0172. The number of amides is 11. The van der Waals surface area contributed by atoms with Gasteiger partial charge < -0.3 is 97.8 Å². The lowest BCUT2D eigenvalue weighted by molar-refractivity contribution is -0.136. The first-order valence-electron chi connectivity index (χ1n) is 27.3. The van der Waals surface area contributed by atoms with Crippen molar-refractivity contribution in [2.45, 2.75) is 133 Å². The summed E-state index contributed by atoms with van der Waals surface area (Å²) in [6.45, 7) is 4.49. The zero-order valence-corrected chi connectivity index (χ0v) is 47.6. The van der Waals surface area contributed by atoms with E-state index in [0.717, 1.165) is 22.3 Å². The van der Waals surface area contributed by atoms with Gasteiger partial charge in [0.05, 0.1) is 19.1 Å². The van der Waals surface area contributed by atoms with Gasteiger partial charge in [0.15, 0.2) is 11.9 Å². The number of hydrogen-bond donors (Lipinski definition) is 17. The van der Waals surface area contributed by atoms with Crippen LogP contribution in [0.15, 0.2) is 58.5 Å². The number of aliphatic hydroxyl groups is 1. The molecule has 24 N–H and O–H groups in total. The largest absolute Gasteiger partial charge is 0.449 e. The number of benzene rings is 2. The number of carbonyl (C=O) groups excluding carboxylic acids is 11. The second kappa shape index (κ2) is 35.0. The van der Waals surface area contributed by atoms with Crippen LogP contribution in [0.1, 0.15) is 96.1 Å². The van der Waals surface area contributed by atoms with Crippen LogP contribution in [0, 0.1) is 5.92 Å². The molecule has 1 aliphatic carbocycles. The number of nitrogens with zero attached hydrogens (tertiary/aromatic N) is 2. The Labute approximate surface area is 485 Å². The Morgan fingerprint density at radius 3 is 1.49 bits per heavy atom. The molecule has 0 unspecified atom stereocenters. The molecule has 3 rings (SSSR count). The summed E-state index contributed by atoms with van der Waals surface area (Å²) >= 11 is 0. The summed E-state index contributed by atoms with van der Waals surface area (Å²) in [5.41, 5.74) is 42.4. The molecule has 462 valence electrons. The highest BCUT2D eigenvalue weighted by Gasteiger charge is 2.35. The van der Waals surface area contributed by atoms with Crippen LogP contribution in [-0.2, 0) is 52.7 Å². The summed E-state index contributed by atoms with van der Waals surface area (Å²) in [5.74, 6) is -10.6. The maximum absolute atomic E-state index is 13.9. The average molecular weight is 1180 g/mol. The van der Waals surface area contributed by atoms with Crippen LogP contribution >= 0.6 is 0 Å². The van der Waals surface area contributed by atoms with E-state index in [9.17, 15) is 57.8 Å². The van der Waals surface area contributed by atoms with Crippen LogP contribution in [0.2, 0.25) is 0 Å². The molecule has 0 bridgehead atoms. The van der Waals surface area contributed by atoms with Gasteiger partial charge in [0.1, 0.15) is 55.4 Å². The van der Waals surface area contributed by atoms with E-state index >= 15 is 0 Å². The summed E-state index contributed by atoms with van der Waals surface area (Å²) in [6, 6.07) is 5.37. The molecule has 0 radical (unpaired) electrons. The van der Waals surface area contributed by atoms with Gasteiger partial charge in [0.25, 0.3) is 0 Å². The van der Waals surface area contributed by atoms with Gasteiger partial charge in [-0.2, -0.15) is 0 Å². The molecule has 0 fully saturated rings. The highest BCUT2D eigenvalue weighted by molar-refractivity contribution is 5.99. The number of alkyl carbamates (subject to hydrolysis) is 1. The topological polar surface area (TPSA) is 532 Å². The minimum absolute atomic E-state index is 0.0262. The minimum atomic E-state index is -1.72. The molecule has 0 aromatic heterocycles. The third-order valence-electron chi connectivity index (χ3n) is 13.4. The fraction of sp³-hybridized carbons (Fsp3) is 0.528. The Bertz CT molecular complexity index is 2650. The van der Waals surface area contributed by atoms with Crippen molar-refractivity contribution in [2.24, 2.45) is 56.0 Å². The second-order valence-corrected chi connectivity index (χ2v) is 20.0. The summed E-state index contributed by atoms with van der Waals surface area (Å²) in [5, 5.41) is 32.3. The van der Waals surface area contributed by atoms with Crippen molar-refractivity contribution < 1.29 is 62.6 Å². The van der Waals surface area contributed by atoms with Crippen molar-refractivity contribution in [3.8, 4) is 11.1 Å². The van der Waals surface area contributed by atoms with Crippen molar-refractivity contribution in [1.82, 2.24) is 47.9 Å². The molecule has 0 saturated carbocycles. The number of rotatable bonds is 36. The van der Waals surface area contributed by atoms with Crippen molar-refractivity contribution in [3.63, 3.8) is 0 Å². The normalized spacial score (nSPS) is 14.6. The number of carbonyl (C=O) groups is 11. The van der Waals surface area contributed by atoms with Crippen molar-refractivity contribution >= 4 is 77.1 Å². The van der Waals surface area contributed by atoms with E-state index in [1.54, 1.807) is 13.8 Å². The number of aliphatic imine (C=N–C) groups is 2. The number of guanidine groups is 2. The lowest BCUT2D eigenvalue weighted by Crippen LogP contribution is -2.60. The number of ether oxygens (including phenoxy) is 1. The molecule has 11 amide bonds. The third-order valence-corrected chi connectivity index (χ3v) is 13.4. The minimum Gasteiger partial charge on any atom is -0.449 e. The fourth-order valence-corrected chi connectivity index (χ4v) is 8.71. The Morgan fingerprint density at radius 1 is 0.560 bits per heavy atom. The summed E-state index contributed by atoms with van der Waals surface area (Å²) in [7, 11) is 0. The zero-order valence-electron chi connectivity index (χ0n) is 47.6. The predicted octanol–water partition coefficient (Wildman–Crippen LogP) is -5.31. The maximum atomic E-state index is 13.9. The summed E-state index contributed by atoms with van der Waals surface area (Å²) in [4.78, 5) is 153. The molecule has 31 nitrogen and oxygen atoms in total. The molecule has 84 heavy (non-hydrogen) atoms. The van der Waals surface area contributed by atoms with E-state index in [1.165, 1.54) is 13.8 Å². The first kappa shape index (κ1) is 69.1. The number of aliphatic hydroxyl groups excluding tert-OH is 1. The number of primary amides is 2. The molecular weight excluding hydrogens is 1100 g/mol. The van der Waals surface area contributed by atoms with Crippen molar-refractivity contribution in [3.05, 3.63) is 59.7 Å². The summed E-state index contributed by atoms with van der Waals surface area (Å²) < 4.78 is 5.51. The van der Waals surface area contributed by atoms with Gasteiger partial charge in [-0.1, -0.05) is 68.8 Å². The Morgan fingerprint density at radius 2 is 1.01 bits per heavy atom. The molecule has 0 saturated heterocycles. The zero-order chi connectivity index (χ0) is 62.6. The van der Waals surface area contributed by atoms with Crippen LogP contribution in [-0.4, -0.2) is 170 Å². The molecule has 1 aliphatic rings. The van der Waals surface area contributed by atoms with Crippen LogP contribution in [0.3, 0.4) is 0 Å². The van der Waals surface area contributed by atoms with Gasteiger partial charge in [-0.05, 0) is 87.1 Å². The maximum Gasteiger partial charge on any atom is 0.407 e. The first-order valence-corrected chi connectivity index (χ1v) is 27.3. The van der Waals surface area contributed by atoms with Crippen molar-refractivity contribution in [1.29, 1.82) is 0 Å². The number of fused-ring (bicyclic) bond motifs is 3. The van der Waals surface area contributed by atoms with Gasteiger partial charge >= 0.3 is 6.09 Å². The highest BCUT2D eigenvalue weighted by atomic mass is 16.5. The van der Waals surface area contributed by atoms with E-state index < -0.39 is 133 Å². The number of nitrogens with two attached hydrogens (primary N) is 7. The van der Waals surface area contributed by atoms with E-state index in [4.69, 9.17) is 44.9 Å². The van der Waals surface area contributed by atoms with E-state index in [-0.39, 0.29) is 88.5 Å². The standard InChI is InChI=1S/C53H82N18O13/c1-5-27(2)42(44(56)76)70-45(77)28(3)65-49(81)38(23-39(55)73)69-47(79)37(19-12-22-62-52(59)60)68-46(78)35(17-10-20-54)66-40(74)24-63-50(82)43(29(4)72)71-48(80)36(18-11-21-61-51(57)58)67-41(75)25-64-53(83)84-26-34-32-15-8-6-13-30(32)31-14-7-9-16-33(31)34/h6-9,13-16,27-29,34-38,42-43,72H,5,10-12,17-26,54H2,1-4H3,(H2,55,73)(H2,56,76)(H,63,82)(H,64,83)(H,65,81)(H,66,74)(H,67,75)(H,68,78)(H,69,79)(H,70,77)(H,71,80)(H4,57,58,61)(H4,59,60,62)/t27-,28-,29+,35-,36-,37-,38-,42-,43-/m0/s1. The predicted molar refractivity (Wildman–Crippen MR) is 308 cm³/mol. The lowest BCUT2D eigenvalue weighted by Gasteiger charge is -2.26. The molecule has 2 aromatic rings. The molecular formula is C53H82N18O13. The molecule has 0 aliphatic heterocycles. The smallest absolute Gasteiger partial charge is 0.407 e. The van der Waals surface area contributed by atoms with E-state index in [2.05, 4.69) is 57.8 Å². The molecule has 0 heterocycles. The third kappa shape index (κ3) is 23.0. The monoisotopic (exact) mass is 1180 g/mol. The molecule has 0 spiro atoms. The SMILES string of the molecule is CC[C@H](C)[C@H](NC(=O)[C@H](C)NC(=O)[C@H](CC(N)=O)NC(=O)[C@H](CCCN=C(N)N)NC(=O)[C@H](CCCN)NC(=O)CNC(=O)[C@@H](NC(=O)[C@H](CCCN=C(N)N)NC(=O)CNC(=O)OCC1c2ccccc2-c2ccccc21)[C@@H](C)O)C(N)=O. The van der Waals surface area contributed by atoms with Gasteiger partial charge in [-0.3, -0.25) is 57.9 Å². The van der Waals surface area contributed by atoms with E-state index in [0.29, 0.717) is 6.42 Å². The Kier molecular flexibility index (Phi) is 28.8. The molecule has 2 aromatic carbocycles. The average Bonchev–Trinajstić information content (AvgIpc) is 2.06. The highest BCUT2D eigenvalue weighted by Crippen LogP contribution is 2.44. The number of hydrogen-bond acceptors (Lipinski definition) is 16. The van der Waals surface area contributed by atoms with Crippen LogP contribution in [0.25, 0.3) is 11.1 Å². The van der Waals surface area contributed by atoms with Gasteiger partial charge in [-0.25, -0.2) is 4.79 Å². The fourth-order valence-electron chi connectivity index (χ4n) is 8.71. The Hall–Kier alpha value is -9.13. The molecule has 31 heteroatoms.